The second-order valence-corrected chi connectivity index (χ2v) is 8.93. The Morgan fingerprint density at radius 3 is 2.48 bits per heavy atom. The van der Waals surface area contributed by atoms with Crippen LogP contribution in [0.3, 0.4) is 0 Å². The fraction of sp³-hybridized carbons (Fsp3) is 0.286. The number of fused-ring (bicyclic) bond motifs is 1. The van der Waals surface area contributed by atoms with Crippen molar-refractivity contribution in [2.75, 3.05) is 12.3 Å². The molecular formula is C21H23N3O4S. The first kappa shape index (κ1) is 20.7. The van der Waals surface area contributed by atoms with Crippen molar-refractivity contribution >= 4 is 26.6 Å². The summed E-state index contributed by atoms with van der Waals surface area (Å²) >= 11 is 0. The number of amides is 1. The van der Waals surface area contributed by atoms with E-state index in [2.05, 4.69) is 9.97 Å². The Bertz CT molecular complexity index is 1180. The van der Waals surface area contributed by atoms with Gasteiger partial charge in [0.25, 0.3) is 5.56 Å². The van der Waals surface area contributed by atoms with Crippen molar-refractivity contribution in [3.63, 3.8) is 0 Å². The number of nitrogens with one attached hydrogen (secondary N) is 1. The number of benzene rings is 2. The van der Waals surface area contributed by atoms with Crippen molar-refractivity contribution in [2.24, 2.45) is 0 Å². The standard InChI is InChI=1S/C21H23N3O4S/c1-3-24(14-19-22-18-7-5-4-6-17(18)21(26)23-19)20(25)12-13-29(27,28)16-10-8-15(2)9-11-16/h4-11H,3,12-14H2,1-2H3,(H,22,23,26). The quantitative estimate of drug-likeness (QED) is 0.641. The van der Waals surface area contributed by atoms with Gasteiger partial charge in [-0.25, -0.2) is 13.4 Å². The number of aromatic amines is 1. The van der Waals surface area contributed by atoms with E-state index in [0.717, 1.165) is 5.56 Å². The summed E-state index contributed by atoms with van der Waals surface area (Å²) in [5, 5.41) is 0.481. The molecule has 7 nitrogen and oxygen atoms in total. The van der Waals surface area contributed by atoms with Gasteiger partial charge in [-0.15, -0.1) is 0 Å². The summed E-state index contributed by atoms with van der Waals surface area (Å²) in [4.78, 5) is 33.6. The Balaban J connectivity index is 1.71. The van der Waals surface area contributed by atoms with Crippen LogP contribution in [0.15, 0.2) is 58.2 Å². The Morgan fingerprint density at radius 2 is 1.79 bits per heavy atom. The summed E-state index contributed by atoms with van der Waals surface area (Å²) in [6.07, 6.45) is -0.137. The van der Waals surface area contributed by atoms with E-state index >= 15 is 0 Å². The molecule has 0 spiro atoms. The highest BCUT2D eigenvalue weighted by Crippen LogP contribution is 2.14. The van der Waals surface area contributed by atoms with Gasteiger partial charge < -0.3 is 9.88 Å². The molecule has 1 aromatic heterocycles. The maximum atomic E-state index is 12.6. The Kier molecular flexibility index (Phi) is 6.12. The summed E-state index contributed by atoms with van der Waals surface area (Å²) in [7, 11) is -3.54. The molecule has 152 valence electrons. The molecule has 0 fully saturated rings. The smallest absolute Gasteiger partial charge is 0.258 e. The molecule has 1 heterocycles. The van der Waals surface area contributed by atoms with Gasteiger partial charge in [0.2, 0.25) is 5.91 Å². The SMILES string of the molecule is CCN(Cc1nc2ccccc2c(=O)[nH]1)C(=O)CCS(=O)(=O)c1ccc(C)cc1. The van der Waals surface area contributed by atoms with E-state index in [-0.39, 0.29) is 35.1 Å². The highest BCUT2D eigenvalue weighted by atomic mass is 32.2. The lowest BCUT2D eigenvalue weighted by molar-refractivity contribution is -0.131. The number of aryl methyl sites for hydroxylation is 1. The second-order valence-electron chi connectivity index (χ2n) is 6.82. The van der Waals surface area contributed by atoms with Crippen molar-refractivity contribution in [3.8, 4) is 0 Å². The average molecular weight is 413 g/mol. The fourth-order valence-electron chi connectivity index (χ4n) is 3.01. The lowest BCUT2D eigenvalue weighted by atomic mass is 10.2. The summed E-state index contributed by atoms with van der Waals surface area (Å²) in [6.45, 7) is 4.16. The predicted octanol–water partition coefficient (Wildman–Crippen LogP) is 2.44. The Hall–Kier alpha value is -3.00. The number of sulfone groups is 1. The van der Waals surface area contributed by atoms with Crippen LogP contribution in [-0.2, 0) is 21.2 Å². The first-order valence-corrected chi connectivity index (χ1v) is 11.0. The molecule has 0 radical (unpaired) electrons. The van der Waals surface area contributed by atoms with E-state index in [1.54, 1.807) is 55.5 Å². The molecule has 0 unspecified atom stereocenters. The third-order valence-corrected chi connectivity index (χ3v) is 6.43. The van der Waals surface area contributed by atoms with E-state index in [9.17, 15) is 18.0 Å². The largest absolute Gasteiger partial charge is 0.335 e. The lowest BCUT2D eigenvalue weighted by Crippen LogP contribution is -2.33. The van der Waals surface area contributed by atoms with Crippen LogP contribution in [-0.4, -0.2) is 41.5 Å². The summed E-state index contributed by atoms with van der Waals surface area (Å²) in [6, 6.07) is 13.5. The predicted molar refractivity (Wildman–Crippen MR) is 111 cm³/mol. The van der Waals surface area contributed by atoms with Gasteiger partial charge in [0.1, 0.15) is 5.82 Å². The molecule has 0 aliphatic heterocycles. The average Bonchev–Trinajstić information content (AvgIpc) is 2.70. The summed E-state index contributed by atoms with van der Waals surface area (Å²) in [5.74, 6) is -0.211. The van der Waals surface area contributed by atoms with Gasteiger partial charge in [0.15, 0.2) is 9.84 Å². The monoisotopic (exact) mass is 413 g/mol. The van der Waals surface area contributed by atoms with Crippen LogP contribution >= 0.6 is 0 Å². The minimum atomic E-state index is -3.54. The number of hydrogen-bond donors (Lipinski definition) is 1. The van der Waals surface area contributed by atoms with E-state index in [0.29, 0.717) is 23.3 Å². The third-order valence-electron chi connectivity index (χ3n) is 4.70. The Morgan fingerprint density at radius 1 is 1.10 bits per heavy atom. The first-order valence-electron chi connectivity index (χ1n) is 9.35. The van der Waals surface area contributed by atoms with E-state index in [4.69, 9.17) is 0 Å². The number of carbonyl (C=O) groups is 1. The van der Waals surface area contributed by atoms with Crippen molar-refractivity contribution in [3.05, 3.63) is 70.3 Å². The van der Waals surface area contributed by atoms with Gasteiger partial charge in [-0.2, -0.15) is 0 Å². The van der Waals surface area contributed by atoms with Gasteiger partial charge >= 0.3 is 0 Å². The van der Waals surface area contributed by atoms with Crippen molar-refractivity contribution in [1.82, 2.24) is 14.9 Å². The second kappa shape index (κ2) is 8.57. The molecule has 1 N–H and O–H groups in total. The Labute approximate surface area is 169 Å². The van der Waals surface area contributed by atoms with Gasteiger partial charge in [-0.05, 0) is 38.1 Å². The first-order chi connectivity index (χ1) is 13.8. The molecule has 0 atom stereocenters. The lowest BCUT2D eigenvalue weighted by Gasteiger charge is -2.20. The maximum Gasteiger partial charge on any atom is 0.258 e. The highest BCUT2D eigenvalue weighted by molar-refractivity contribution is 7.91. The van der Waals surface area contributed by atoms with Crippen LogP contribution in [0.1, 0.15) is 24.7 Å². The molecule has 0 saturated heterocycles. The zero-order valence-electron chi connectivity index (χ0n) is 16.4. The van der Waals surface area contributed by atoms with Crippen LogP contribution < -0.4 is 5.56 Å². The molecular weight excluding hydrogens is 390 g/mol. The topological polar surface area (TPSA) is 100 Å². The van der Waals surface area contributed by atoms with Gasteiger partial charge in [0.05, 0.1) is 28.1 Å². The number of H-pyrrole nitrogens is 1. The molecule has 0 bridgehead atoms. The maximum absolute atomic E-state index is 12.6. The number of nitrogens with zero attached hydrogens (tertiary/aromatic N) is 2. The highest BCUT2D eigenvalue weighted by Gasteiger charge is 2.20. The van der Waals surface area contributed by atoms with Crippen LogP contribution in [0.5, 0.6) is 0 Å². The van der Waals surface area contributed by atoms with E-state index in [1.165, 1.54) is 4.90 Å². The van der Waals surface area contributed by atoms with Gasteiger partial charge in [0, 0.05) is 13.0 Å². The van der Waals surface area contributed by atoms with Crippen LogP contribution in [0, 0.1) is 6.92 Å². The van der Waals surface area contributed by atoms with Crippen molar-refractivity contribution in [1.29, 1.82) is 0 Å². The fourth-order valence-corrected chi connectivity index (χ4v) is 4.24. The molecule has 2 aromatic carbocycles. The van der Waals surface area contributed by atoms with Crippen LogP contribution in [0.25, 0.3) is 10.9 Å². The van der Waals surface area contributed by atoms with Crippen LogP contribution in [0.4, 0.5) is 0 Å². The number of para-hydroxylation sites is 1. The van der Waals surface area contributed by atoms with E-state index in [1.807, 2.05) is 6.92 Å². The zero-order chi connectivity index (χ0) is 21.0. The van der Waals surface area contributed by atoms with Crippen molar-refractivity contribution < 1.29 is 13.2 Å². The number of hydrogen-bond acceptors (Lipinski definition) is 5. The molecule has 0 saturated carbocycles. The summed E-state index contributed by atoms with van der Waals surface area (Å²) < 4.78 is 25.0. The minimum absolute atomic E-state index is 0.111. The van der Waals surface area contributed by atoms with Crippen molar-refractivity contribution in [2.45, 2.75) is 31.7 Å². The molecule has 29 heavy (non-hydrogen) atoms. The third kappa shape index (κ3) is 4.89. The molecule has 8 heteroatoms. The summed E-state index contributed by atoms with van der Waals surface area (Å²) in [5.41, 5.74) is 1.25. The van der Waals surface area contributed by atoms with E-state index < -0.39 is 9.84 Å². The number of rotatable bonds is 7. The van der Waals surface area contributed by atoms with Gasteiger partial charge in [-0.3, -0.25) is 9.59 Å². The normalized spacial score (nSPS) is 11.5. The zero-order valence-corrected chi connectivity index (χ0v) is 17.2. The molecule has 1 amide bonds. The number of carbonyl (C=O) groups excluding carboxylic acids is 1. The minimum Gasteiger partial charge on any atom is -0.335 e. The van der Waals surface area contributed by atoms with Crippen LogP contribution in [0.2, 0.25) is 0 Å². The molecule has 3 aromatic rings. The number of aromatic nitrogens is 2. The molecule has 0 aliphatic rings. The molecule has 3 rings (SSSR count). The molecule has 0 aliphatic carbocycles. The van der Waals surface area contributed by atoms with Gasteiger partial charge in [-0.1, -0.05) is 29.8 Å².